The van der Waals surface area contributed by atoms with Gasteiger partial charge in [-0.2, -0.15) is 0 Å². The summed E-state index contributed by atoms with van der Waals surface area (Å²) in [5, 5.41) is 2.95. The van der Waals surface area contributed by atoms with Crippen LogP contribution in [-0.4, -0.2) is 24.7 Å². The Morgan fingerprint density at radius 1 is 1.21 bits per heavy atom. The molecule has 84 valence electrons. The fraction of sp³-hybridized carbons (Fsp3) is 0.909. The minimum absolute atomic E-state index is 0.0672. The van der Waals surface area contributed by atoms with Gasteiger partial charge in [0.25, 0.3) is 5.91 Å². The highest BCUT2D eigenvalue weighted by Crippen LogP contribution is 2.19. The zero-order valence-corrected chi connectivity index (χ0v) is 10.4. The van der Waals surface area contributed by atoms with Gasteiger partial charge in [0.05, 0.1) is 0 Å². The predicted octanol–water partition coefficient (Wildman–Crippen LogP) is 1.96. The highest BCUT2D eigenvalue weighted by molar-refractivity contribution is 5.84. The van der Waals surface area contributed by atoms with Gasteiger partial charge in [0, 0.05) is 13.2 Å². The Kier molecular flexibility index (Phi) is 4.13. The van der Waals surface area contributed by atoms with Gasteiger partial charge in [-0.15, -0.1) is 0 Å². The summed E-state index contributed by atoms with van der Waals surface area (Å²) in [6.07, 6.45) is 0. The van der Waals surface area contributed by atoms with Crippen molar-refractivity contribution in [3.05, 3.63) is 0 Å². The van der Waals surface area contributed by atoms with E-state index in [1.165, 1.54) is 0 Å². The second kappa shape index (κ2) is 4.30. The number of hydrogen-bond acceptors (Lipinski definition) is 2. The topological polar surface area (TPSA) is 38.3 Å². The van der Waals surface area contributed by atoms with Crippen molar-refractivity contribution in [1.29, 1.82) is 0 Å². The van der Waals surface area contributed by atoms with E-state index in [2.05, 4.69) is 26.1 Å². The van der Waals surface area contributed by atoms with Crippen LogP contribution < -0.4 is 5.32 Å². The molecule has 0 aromatic carbocycles. The smallest absolute Gasteiger partial charge is 0.251 e. The monoisotopic (exact) mass is 201 g/mol. The van der Waals surface area contributed by atoms with Crippen molar-refractivity contribution in [2.75, 3.05) is 7.11 Å². The highest BCUT2D eigenvalue weighted by Gasteiger charge is 2.30. The number of amides is 1. The summed E-state index contributed by atoms with van der Waals surface area (Å²) in [7, 11) is 1.54. The Hall–Kier alpha value is -0.570. The second-order valence-electron chi connectivity index (χ2n) is 5.28. The van der Waals surface area contributed by atoms with Crippen molar-refractivity contribution >= 4 is 5.91 Å². The van der Waals surface area contributed by atoms with Crippen LogP contribution in [0, 0.1) is 5.41 Å². The highest BCUT2D eigenvalue weighted by atomic mass is 16.5. The first kappa shape index (κ1) is 13.4. The molecule has 0 aliphatic carbocycles. The van der Waals surface area contributed by atoms with Gasteiger partial charge < -0.3 is 10.1 Å². The summed E-state index contributed by atoms with van der Waals surface area (Å²) in [5.74, 6) is -0.0672. The summed E-state index contributed by atoms with van der Waals surface area (Å²) in [5.41, 5.74) is -0.682. The lowest BCUT2D eigenvalue weighted by Gasteiger charge is -2.31. The maximum Gasteiger partial charge on any atom is 0.251 e. The molecule has 1 amide bonds. The molecule has 0 saturated heterocycles. The molecule has 1 unspecified atom stereocenters. The number of ether oxygens (including phenoxy) is 1. The second-order valence-corrected chi connectivity index (χ2v) is 5.28. The molecule has 1 atom stereocenters. The van der Waals surface area contributed by atoms with Crippen molar-refractivity contribution in [3.8, 4) is 0 Å². The van der Waals surface area contributed by atoms with E-state index in [1.54, 1.807) is 21.0 Å². The normalized spacial score (nSPS) is 15.1. The number of carbonyl (C=O) groups excluding carboxylic acids is 1. The van der Waals surface area contributed by atoms with Crippen LogP contribution in [0.1, 0.15) is 41.5 Å². The minimum Gasteiger partial charge on any atom is -0.369 e. The van der Waals surface area contributed by atoms with Crippen LogP contribution in [0.25, 0.3) is 0 Å². The average Bonchev–Trinajstić information content (AvgIpc) is 2.02. The molecule has 0 bridgehead atoms. The van der Waals surface area contributed by atoms with Crippen molar-refractivity contribution in [2.24, 2.45) is 5.41 Å². The minimum atomic E-state index is -0.750. The lowest BCUT2D eigenvalue weighted by molar-refractivity contribution is -0.140. The lowest BCUT2D eigenvalue weighted by atomic mass is 9.87. The average molecular weight is 201 g/mol. The summed E-state index contributed by atoms with van der Waals surface area (Å²) >= 11 is 0. The first-order chi connectivity index (χ1) is 6.11. The Morgan fingerprint density at radius 2 is 1.64 bits per heavy atom. The fourth-order valence-corrected chi connectivity index (χ4v) is 0.680. The fourth-order valence-electron chi connectivity index (χ4n) is 0.680. The Balaban J connectivity index is 4.35. The van der Waals surface area contributed by atoms with E-state index in [-0.39, 0.29) is 17.4 Å². The van der Waals surface area contributed by atoms with E-state index >= 15 is 0 Å². The maximum atomic E-state index is 11.7. The van der Waals surface area contributed by atoms with Crippen LogP contribution in [0.5, 0.6) is 0 Å². The van der Waals surface area contributed by atoms with Gasteiger partial charge in [-0.3, -0.25) is 4.79 Å². The first-order valence-corrected chi connectivity index (χ1v) is 4.97. The third-order valence-electron chi connectivity index (χ3n) is 2.70. The summed E-state index contributed by atoms with van der Waals surface area (Å²) in [4.78, 5) is 11.7. The number of methoxy groups -OCH3 is 1. The van der Waals surface area contributed by atoms with Crippen molar-refractivity contribution in [2.45, 2.75) is 53.2 Å². The van der Waals surface area contributed by atoms with Gasteiger partial charge >= 0.3 is 0 Å². The van der Waals surface area contributed by atoms with Crippen LogP contribution in [-0.2, 0) is 9.53 Å². The number of nitrogens with one attached hydrogen (secondary N) is 1. The SMILES string of the molecule is COC(C)(C)C(=O)NC(C)C(C)(C)C. The summed E-state index contributed by atoms with van der Waals surface area (Å²) in [6, 6.07) is 0.129. The Bertz CT molecular complexity index is 204. The quantitative estimate of drug-likeness (QED) is 0.758. The molecule has 0 spiro atoms. The maximum absolute atomic E-state index is 11.7. The molecule has 0 fully saturated rings. The van der Waals surface area contributed by atoms with Crippen molar-refractivity contribution in [3.63, 3.8) is 0 Å². The van der Waals surface area contributed by atoms with Gasteiger partial charge in [0.15, 0.2) is 0 Å². The Labute approximate surface area is 87.2 Å². The van der Waals surface area contributed by atoms with Gasteiger partial charge in [-0.1, -0.05) is 20.8 Å². The molecule has 0 aromatic rings. The van der Waals surface area contributed by atoms with E-state index in [9.17, 15) is 4.79 Å². The van der Waals surface area contributed by atoms with Crippen LogP contribution >= 0.6 is 0 Å². The zero-order valence-electron chi connectivity index (χ0n) is 10.4. The zero-order chi connectivity index (χ0) is 11.6. The van der Waals surface area contributed by atoms with E-state index in [0.29, 0.717) is 0 Å². The van der Waals surface area contributed by atoms with Crippen molar-refractivity contribution in [1.82, 2.24) is 5.32 Å². The first-order valence-electron chi connectivity index (χ1n) is 4.97. The third kappa shape index (κ3) is 3.66. The number of hydrogen-bond donors (Lipinski definition) is 1. The number of rotatable bonds is 3. The Morgan fingerprint density at radius 3 is 1.93 bits per heavy atom. The molecular formula is C11H23NO2. The lowest BCUT2D eigenvalue weighted by Crippen LogP contribution is -2.50. The van der Waals surface area contributed by atoms with E-state index in [0.717, 1.165) is 0 Å². The van der Waals surface area contributed by atoms with Crippen LogP contribution in [0.3, 0.4) is 0 Å². The molecule has 0 radical (unpaired) electrons. The molecule has 0 aromatic heterocycles. The van der Waals surface area contributed by atoms with E-state index in [4.69, 9.17) is 4.74 Å². The van der Waals surface area contributed by atoms with Gasteiger partial charge in [-0.05, 0) is 26.2 Å². The molecular weight excluding hydrogens is 178 g/mol. The van der Waals surface area contributed by atoms with Gasteiger partial charge in [0.2, 0.25) is 0 Å². The molecule has 3 heteroatoms. The van der Waals surface area contributed by atoms with Crippen molar-refractivity contribution < 1.29 is 9.53 Å². The number of carbonyl (C=O) groups is 1. The predicted molar refractivity (Wildman–Crippen MR) is 58.1 cm³/mol. The molecule has 0 aliphatic heterocycles. The van der Waals surface area contributed by atoms with E-state index < -0.39 is 5.60 Å². The molecule has 0 heterocycles. The van der Waals surface area contributed by atoms with Crippen LogP contribution in [0.15, 0.2) is 0 Å². The largest absolute Gasteiger partial charge is 0.369 e. The van der Waals surface area contributed by atoms with Gasteiger partial charge in [-0.25, -0.2) is 0 Å². The van der Waals surface area contributed by atoms with Crippen LogP contribution in [0.2, 0.25) is 0 Å². The molecule has 1 N–H and O–H groups in total. The molecule has 0 saturated carbocycles. The molecule has 14 heavy (non-hydrogen) atoms. The molecule has 0 rings (SSSR count). The van der Waals surface area contributed by atoms with E-state index in [1.807, 2.05) is 6.92 Å². The molecule has 3 nitrogen and oxygen atoms in total. The van der Waals surface area contributed by atoms with Crippen LogP contribution in [0.4, 0.5) is 0 Å². The summed E-state index contributed by atoms with van der Waals surface area (Å²) < 4.78 is 5.10. The molecule has 0 aliphatic rings. The third-order valence-corrected chi connectivity index (χ3v) is 2.70. The summed E-state index contributed by atoms with van der Waals surface area (Å²) in [6.45, 7) is 11.8. The standard InChI is InChI=1S/C11H23NO2/c1-8(10(2,3)4)12-9(13)11(5,6)14-7/h8H,1-7H3,(H,12,13). The van der Waals surface area contributed by atoms with Gasteiger partial charge in [0.1, 0.15) is 5.60 Å².